The Bertz CT molecular complexity index is 2800. The van der Waals surface area contributed by atoms with Crippen molar-refractivity contribution in [2.24, 2.45) is 0 Å². The lowest BCUT2D eigenvalue weighted by molar-refractivity contribution is 0.672. The maximum absolute atomic E-state index is 6.58. The third-order valence-corrected chi connectivity index (χ3v) is 15.6. The van der Waals surface area contributed by atoms with Crippen molar-refractivity contribution in [3.8, 4) is 0 Å². The van der Waals surface area contributed by atoms with Gasteiger partial charge in [-0.2, -0.15) is 0 Å². The summed E-state index contributed by atoms with van der Waals surface area (Å²) in [6.07, 6.45) is 0. The SMILES string of the molecule is c1ccc([Si](c2ccccc2)(c2ccccc2)c2cccc(N(c3cccc4ccccc34)c3cccc4c3ccc3c5ccccc5oc43)c2)cc1. The smallest absolute Gasteiger partial charge is 0.179 e. The van der Waals surface area contributed by atoms with Crippen LogP contribution in [0.3, 0.4) is 0 Å². The van der Waals surface area contributed by atoms with Crippen molar-refractivity contribution in [3.63, 3.8) is 0 Å². The van der Waals surface area contributed by atoms with Gasteiger partial charge >= 0.3 is 0 Å². The summed E-state index contributed by atoms with van der Waals surface area (Å²) in [5.74, 6) is 0. The molecule has 0 fully saturated rings. The van der Waals surface area contributed by atoms with Crippen molar-refractivity contribution < 1.29 is 4.42 Å². The fourth-order valence-corrected chi connectivity index (χ4v) is 13.3. The van der Waals surface area contributed by atoms with Crippen LogP contribution < -0.4 is 25.6 Å². The van der Waals surface area contributed by atoms with Crippen LogP contribution in [0.25, 0.3) is 43.5 Å². The van der Waals surface area contributed by atoms with E-state index in [2.05, 4.69) is 211 Å². The number of benzene rings is 9. The van der Waals surface area contributed by atoms with Crippen molar-refractivity contribution in [2.75, 3.05) is 4.90 Å². The highest BCUT2D eigenvalue weighted by Gasteiger charge is 2.41. The highest BCUT2D eigenvalue weighted by Crippen LogP contribution is 2.44. The molecule has 1 aromatic heterocycles. The highest BCUT2D eigenvalue weighted by molar-refractivity contribution is 7.19. The van der Waals surface area contributed by atoms with E-state index in [-0.39, 0.29) is 0 Å². The maximum Gasteiger partial charge on any atom is 0.179 e. The van der Waals surface area contributed by atoms with Gasteiger partial charge in [0.2, 0.25) is 0 Å². The molecule has 0 saturated carbocycles. The van der Waals surface area contributed by atoms with Crippen LogP contribution in [0, 0.1) is 0 Å². The molecule has 0 unspecified atom stereocenters. The molecule has 250 valence electrons. The van der Waals surface area contributed by atoms with E-state index in [1.807, 2.05) is 6.07 Å². The van der Waals surface area contributed by atoms with E-state index < -0.39 is 8.07 Å². The van der Waals surface area contributed by atoms with Gasteiger partial charge in [0.25, 0.3) is 0 Å². The van der Waals surface area contributed by atoms with Crippen molar-refractivity contribution in [2.45, 2.75) is 0 Å². The minimum Gasteiger partial charge on any atom is -0.455 e. The molecule has 0 atom stereocenters. The van der Waals surface area contributed by atoms with E-state index in [4.69, 9.17) is 4.42 Å². The molecule has 10 rings (SSSR count). The summed E-state index contributed by atoms with van der Waals surface area (Å²) in [6, 6.07) is 77.5. The number of rotatable bonds is 7. The van der Waals surface area contributed by atoms with E-state index in [0.29, 0.717) is 0 Å². The number of hydrogen-bond acceptors (Lipinski definition) is 2. The fraction of sp³-hybridized carbons (Fsp3) is 0. The standard InChI is InChI=1S/C50H35NOSi/c1-4-20-38(21-5-1)53(39-22-6-2-7-23-39,40-24-8-3-9-25-40)41-26-15-19-37(35-41)51(47-30-14-18-36-17-10-11-27-42(36)47)48-31-16-29-45-43(48)33-34-46-44-28-12-13-32-49(44)52-50(45)46/h1-35H. The van der Waals surface area contributed by atoms with Gasteiger partial charge in [0.05, 0.1) is 11.4 Å². The highest BCUT2D eigenvalue weighted by atomic mass is 28.3. The zero-order valence-corrected chi connectivity index (χ0v) is 30.1. The van der Waals surface area contributed by atoms with Gasteiger partial charge in [-0.3, -0.25) is 0 Å². The van der Waals surface area contributed by atoms with Gasteiger partial charge < -0.3 is 9.32 Å². The summed E-state index contributed by atoms with van der Waals surface area (Å²) in [6.45, 7) is 0. The van der Waals surface area contributed by atoms with Crippen molar-refractivity contribution in [1.29, 1.82) is 0 Å². The molecule has 53 heavy (non-hydrogen) atoms. The minimum atomic E-state index is -2.78. The molecule has 0 bridgehead atoms. The molecular weight excluding hydrogens is 659 g/mol. The predicted molar refractivity (Wildman–Crippen MR) is 227 cm³/mol. The largest absolute Gasteiger partial charge is 0.455 e. The van der Waals surface area contributed by atoms with E-state index in [1.165, 1.54) is 31.5 Å². The number of hydrogen-bond donors (Lipinski definition) is 0. The molecule has 0 aliphatic carbocycles. The van der Waals surface area contributed by atoms with E-state index >= 15 is 0 Å². The second kappa shape index (κ2) is 12.8. The zero-order valence-electron chi connectivity index (χ0n) is 29.1. The average Bonchev–Trinajstić information content (AvgIpc) is 3.62. The summed E-state index contributed by atoms with van der Waals surface area (Å²) in [5.41, 5.74) is 5.16. The van der Waals surface area contributed by atoms with Crippen molar-refractivity contribution >= 4 is 89.4 Å². The predicted octanol–water partition coefficient (Wildman–Crippen LogP) is 10.7. The topological polar surface area (TPSA) is 16.4 Å². The second-order valence-electron chi connectivity index (χ2n) is 13.6. The van der Waals surface area contributed by atoms with Gasteiger partial charge in [-0.25, -0.2) is 0 Å². The van der Waals surface area contributed by atoms with Gasteiger partial charge in [-0.1, -0.05) is 176 Å². The summed E-state index contributed by atoms with van der Waals surface area (Å²) >= 11 is 0. The van der Waals surface area contributed by atoms with Gasteiger partial charge in [-0.15, -0.1) is 0 Å². The second-order valence-corrected chi connectivity index (χ2v) is 17.5. The third-order valence-electron chi connectivity index (χ3n) is 10.8. The van der Waals surface area contributed by atoms with Crippen LogP contribution >= 0.6 is 0 Å². The molecular formula is C50H35NOSi. The van der Waals surface area contributed by atoms with Gasteiger partial charge in [0.15, 0.2) is 8.07 Å². The Hall–Kier alpha value is -6.68. The van der Waals surface area contributed by atoms with Crippen LogP contribution in [0.2, 0.25) is 0 Å². The van der Waals surface area contributed by atoms with Crippen LogP contribution in [-0.4, -0.2) is 8.07 Å². The van der Waals surface area contributed by atoms with Crippen molar-refractivity contribution in [1.82, 2.24) is 0 Å². The lowest BCUT2D eigenvalue weighted by Gasteiger charge is -2.35. The molecule has 10 aromatic rings. The lowest BCUT2D eigenvalue weighted by atomic mass is 10.0. The first-order chi connectivity index (χ1) is 26.3. The number of nitrogens with zero attached hydrogens (tertiary/aromatic N) is 1. The third kappa shape index (κ3) is 5.01. The van der Waals surface area contributed by atoms with E-state index in [1.54, 1.807) is 0 Å². The molecule has 0 radical (unpaired) electrons. The van der Waals surface area contributed by atoms with E-state index in [9.17, 15) is 0 Å². The molecule has 0 N–H and O–H groups in total. The molecule has 3 heteroatoms. The van der Waals surface area contributed by atoms with Gasteiger partial charge in [0.1, 0.15) is 11.2 Å². The number of furan rings is 1. The van der Waals surface area contributed by atoms with Crippen LogP contribution in [0.1, 0.15) is 0 Å². The van der Waals surface area contributed by atoms with Crippen LogP contribution in [0.15, 0.2) is 217 Å². The summed E-state index contributed by atoms with van der Waals surface area (Å²) in [7, 11) is -2.78. The minimum absolute atomic E-state index is 0.906. The van der Waals surface area contributed by atoms with Gasteiger partial charge in [-0.05, 0) is 62.5 Å². The molecule has 0 aliphatic heterocycles. The summed E-state index contributed by atoms with van der Waals surface area (Å²) in [4.78, 5) is 2.46. The van der Waals surface area contributed by atoms with E-state index in [0.717, 1.165) is 49.8 Å². The first-order valence-electron chi connectivity index (χ1n) is 18.2. The Labute approximate surface area is 309 Å². The molecule has 1 heterocycles. The van der Waals surface area contributed by atoms with Crippen LogP contribution in [0.5, 0.6) is 0 Å². The van der Waals surface area contributed by atoms with Crippen LogP contribution in [-0.2, 0) is 0 Å². The summed E-state index contributed by atoms with van der Waals surface area (Å²) in [5, 5.41) is 12.3. The average molecular weight is 694 g/mol. The molecule has 9 aromatic carbocycles. The number of para-hydroxylation sites is 1. The Kier molecular flexibility index (Phi) is 7.52. The fourth-order valence-electron chi connectivity index (χ4n) is 8.47. The van der Waals surface area contributed by atoms with Crippen LogP contribution in [0.4, 0.5) is 17.1 Å². The monoisotopic (exact) mass is 693 g/mol. The van der Waals surface area contributed by atoms with Crippen molar-refractivity contribution in [3.05, 3.63) is 212 Å². The number of anilines is 3. The Morgan fingerprint density at radius 2 is 0.811 bits per heavy atom. The first-order valence-corrected chi connectivity index (χ1v) is 20.2. The Morgan fingerprint density at radius 1 is 0.340 bits per heavy atom. The summed E-state index contributed by atoms with van der Waals surface area (Å²) < 4.78 is 6.58. The molecule has 0 saturated heterocycles. The zero-order chi connectivity index (χ0) is 35.2. The lowest BCUT2D eigenvalue weighted by Crippen LogP contribution is -2.74. The molecule has 0 amide bonds. The molecule has 2 nitrogen and oxygen atoms in total. The quantitative estimate of drug-likeness (QED) is 0.122. The molecule has 0 spiro atoms. The Balaban J connectivity index is 1.28. The number of fused-ring (bicyclic) bond motifs is 6. The Morgan fingerprint density at radius 3 is 1.51 bits per heavy atom. The molecule has 0 aliphatic rings. The maximum atomic E-state index is 6.58. The first kappa shape index (κ1) is 31.1. The normalized spacial score (nSPS) is 11.8. The van der Waals surface area contributed by atoms with Gasteiger partial charge in [0, 0.05) is 32.6 Å².